The molecule has 1 aliphatic heterocycles. The zero-order valence-electron chi connectivity index (χ0n) is 12.3. The molecule has 1 unspecified atom stereocenters. The molecule has 1 aromatic carbocycles. The fraction of sp³-hybridized carbons (Fsp3) is 0.400. The summed E-state index contributed by atoms with van der Waals surface area (Å²) in [6.45, 7) is 1.27. The quantitative estimate of drug-likeness (QED) is 0.478. The lowest BCUT2D eigenvalue weighted by atomic mass is 9.96. The van der Waals surface area contributed by atoms with Gasteiger partial charge in [0, 0.05) is 5.02 Å². The lowest BCUT2D eigenvalue weighted by Gasteiger charge is -2.20. The van der Waals surface area contributed by atoms with Crippen LogP contribution in [0.4, 0.5) is 4.79 Å². The number of amides is 3. The molecule has 0 spiro atoms. The van der Waals surface area contributed by atoms with Gasteiger partial charge in [0.2, 0.25) is 0 Å². The van der Waals surface area contributed by atoms with Gasteiger partial charge in [0.05, 0.1) is 4.47 Å². The number of imide groups is 1. The van der Waals surface area contributed by atoms with Crippen LogP contribution in [0.1, 0.15) is 19.8 Å². The molecular formula is C15H14BrClN2O4. The molecule has 1 aliphatic carbocycles. The van der Waals surface area contributed by atoms with Gasteiger partial charge >= 0.3 is 12.0 Å². The number of esters is 1. The van der Waals surface area contributed by atoms with E-state index in [4.69, 9.17) is 16.3 Å². The highest BCUT2D eigenvalue weighted by atomic mass is 79.9. The van der Waals surface area contributed by atoms with Gasteiger partial charge in [0.25, 0.3) is 5.91 Å². The molecule has 1 heterocycles. The molecule has 0 aromatic heterocycles. The molecule has 1 saturated heterocycles. The van der Waals surface area contributed by atoms with E-state index in [-0.39, 0.29) is 17.6 Å². The summed E-state index contributed by atoms with van der Waals surface area (Å²) in [7, 11) is 0. The van der Waals surface area contributed by atoms with E-state index in [1.165, 1.54) is 6.07 Å². The van der Waals surface area contributed by atoms with E-state index < -0.39 is 24.1 Å². The number of hydrogen-bond donors (Lipinski definition) is 1. The highest BCUT2D eigenvalue weighted by molar-refractivity contribution is 9.10. The molecule has 1 N–H and O–H groups in total. The number of hydrogen-bond acceptors (Lipinski definition) is 4. The van der Waals surface area contributed by atoms with Crippen LogP contribution < -0.4 is 10.1 Å². The standard InChI is InChI=1S/C15H14BrClN2O4/c1-15(8-2-3-8)13(21)19(14(22)18-15)7-12(20)23-11-5-4-9(17)6-10(11)16/h4-6,8H,2-3,7H2,1H3,(H,18,22). The van der Waals surface area contributed by atoms with Crippen LogP contribution in [0.15, 0.2) is 22.7 Å². The lowest BCUT2D eigenvalue weighted by Crippen LogP contribution is -2.46. The molecule has 23 heavy (non-hydrogen) atoms. The first-order valence-corrected chi connectivity index (χ1v) is 8.28. The summed E-state index contributed by atoms with van der Waals surface area (Å²) in [6.07, 6.45) is 1.80. The number of nitrogens with zero attached hydrogens (tertiary/aromatic N) is 1. The van der Waals surface area contributed by atoms with Crippen LogP contribution in [0, 0.1) is 5.92 Å². The first kappa shape index (κ1) is 16.3. The highest BCUT2D eigenvalue weighted by Gasteiger charge is 2.56. The number of benzene rings is 1. The van der Waals surface area contributed by atoms with E-state index in [1.807, 2.05) is 0 Å². The Balaban J connectivity index is 1.68. The van der Waals surface area contributed by atoms with Gasteiger partial charge in [-0.3, -0.25) is 9.69 Å². The van der Waals surface area contributed by atoms with Crippen molar-refractivity contribution in [3.63, 3.8) is 0 Å². The van der Waals surface area contributed by atoms with Crippen LogP contribution in [0.25, 0.3) is 0 Å². The number of rotatable bonds is 4. The Morgan fingerprint density at radius 3 is 2.78 bits per heavy atom. The molecule has 8 heteroatoms. The SMILES string of the molecule is CC1(C2CC2)NC(=O)N(CC(=O)Oc2ccc(Cl)cc2Br)C1=O. The van der Waals surface area contributed by atoms with E-state index in [0.717, 1.165) is 17.7 Å². The van der Waals surface area contributed by atoms with Crippen molar-refractivity contribution < 1.29 is 19.1 Å². The maximum atomic E-state index is 12.4. The van der Waals surface area contributed by atoms with Gasteiger partial charge in [-0.1, -0.05) is 11.6 Å². The molecule has 0 radical (unpaired) electrons. The van der Waals surface area contributed by atoms with E-state index in [1.54, 1.807) is 19.1 Å². The van der Waals surface area contributed by atoms with E-state index >= 15 is 0 Å². The molecule has 1 saturated carbocycles. The van der Waals surface area contributed by atoms with Gasteiger partial charge < -0.3 is 10.1 Å². The number of carbonyl (C=O) groups is 3. The van der Waals surface area contributed by atoms with E-state index in [9.17, 15) is 14.4 Å². The van der Waals surface area contributed by atoms with Crippen LogP contribution >= 0.6 is 27.5 Å². The second-order valence-corrected chi connectivity index (χ2v) is 7.14. The van der Waals surface area contributed by atoms with Crippen molar-refractivity contribution in [2.24, 2.45) is 5.92 Å². The molecule has 122 valence electrons. The normalized spacial score (nSPS) is 23.9. The molecule has 3 amide bonds. The average molecular weight is 402 g/mol. The second kappa shape index (κ2) is 5.79. The number of halogens is 2. The maximum absolute atomic E-state index is 12.4. The minimum atomic E-state index is -0.905. The average Bonchev–Trinajstić information content (AvgIpc) is 3.28. The Morgan fingerprint density at radius 2 is 2.17 bits per heavy atom. The predicted molar refractivity (Wildman–Crippen MR) is 86.2 cm³/mol. The van der Waals surface area contributed by atoms with Crippen LogP contribution in [-0.2, 0) is 9.59 Å². The van der Waals surface area contributed by atoms with Crippen molar-refractivity contribution in [2.75, 3.05) is 6.54 Å². The Hall–Kier alpha value is -1.60. The summed E-state index contributed by atoms with van der Waals surface area (Å²) in [5.74, 6) is -0.657. The van der Waals surface area contributed by atoms with Gasteiger partial charge in [-0.2, -0.15) is 0 Å². The number of urea groups is 1. The van der Waals surface area contributed by atoms with Crippen molar-refractivity contribution in [3.8, 4) is 5.75 Å². The van der Waals surface area contributed by atoms with Crippen LogP contribution in [0.3, 0.4) is 0 Å². The van der Waals surface area contributed by atoms with E-state index in [0.29, 0.717) is 9.50 Å². The van der Waals surface area contributed by atoms with Crippen molar-refractivity contribution in [2.45, 2.75) is 25.3 Å². The van der Waals surface area contributed by atoms with Gasteiger partial charge in [0.1, 0.15) is 17.8 Å². The smallest absolute Gasteiger partial charge is 0.331 e. The Morgan fingerprint density at radius 1 is 1.48 bits per heavy atom. The van der Waals surface area contributed by atoms with Crippen molar-refractivity contribution in [3.05, 3.63) is 27.7 Å². The van der Waals surface area contributed by atoms with Gasteiger partial charge in [-0.05, 0) is 59.8 Å². The predicted octanol–water partition coefficient (Wildman–Crippen LogP) is 2.73. The Kier molecular flexibility index (Phi) is 4.10. The molecular weight excluding hydrogens is 388 g/mol. The Labute approximate surface area is 146 Å². The van der Waals surface area contributed by atoms with Crippen molar-refractivity contribution in [1.82, 2.24) is 10.2 Å². The highest BCUT2D eigenvalue weighted by Crippen LogP contribution is 2.42. The number of carbonyl (C=O) groups excluding carboxylic acids is 3. The Bertz CT molecular complexity index is 707. The second-order valence-electron chi connectivity index (χ2n) is 5.85. The molecule has 1 atom stereocenters. The summed E-state index contributed by atoms with van der Waals surface area (Å²) >= 11 is 9.06. The van der Waals surface area contributed by atoms with Crippen LogP contribution in [0.5, 0.6) is 5.75 Å². The maximum Gasteiger partial charge on any atom is 0.331 e. The summed E-state index contributed by atoms with van der Waals surface area (Å²) in [6, 6.07) is 4.14. The lowest BCUT2D eigenvalue weighted by molar-refractivity contribution is -0.141. The molecule has 3 rings (SSSR count). The van der Waals surface area contributed by atoms with Crippen LogP contribution in [-0.4, -0.2) is 34.9 Å². The van der Waals surface area contributed by atoms with Gasteiger partial charge in [0.15, 0.2) is 0 Å². The van der Waals surface area contributed by atoms with Gasteiger partial charge in [-0.15, -0.1) is 0 Å². The fourth-order valence-electron chi connectivity index (χ4n) is 2.64. The summed E-state index contributed by atoms with van der Waals surface area (Å²) in [4.78, 5) is 37.4. The summed E-state index contributed by atoms with van der Waals surface area (Å²) in [5, 5.41) is 3.17. The van der Waals surface area contributed by atoms with Crippen LogP contribution in [0.2, 0.25) is 5.02 Å². The minimum Gasteiger partial charge on any atom is -0.424 e. The third-order valence-corrected chi connectivity index (χ3v) is 4.95. The zero-order chi connectivity index (χ0) is 16.8. The third kappa shape index (κ3) is 3.07. The molecule has 0 bridgehead atoms. The number of nitrogens with one attached hydrogen (secondary N) is 1. The number of ether oxygens (including phenoxy) is 1. The molecule has 6 nitrogen and oxygen atoms in total. The largest absolute Gasteiger partial charge is 0.424 e. The zero-order valence-corrected chi connectivity index (χ0v) is 14.6. The summed E-state index contributed by atoms with van der Waals surface area (Å²) < 4.78 is 5.70. The topological polar surface area (TPSA) is 75.7 Å². The minimum absolute atomic E-state index is 0.144. The molecule has 2 fully saturated rings. The van der Waals surface area contributed by atoms with Gasteiger partial charge in [-0.25, -0.2) is 9.59 Å². The molecule has 2 aliphatic rings. The van der Waals surface area contributed by atoms with E-state index in [2.05, 4.69) is 21.2 Å². The monoisotopic (exact) mass is 400 g/mol. The third-order valence-electron chi connectivity index (χ3n) is 4.10. The fourth-order valence-corrected chi connectivity index (χ4v) is 3.40. The first-order valence-electron chi connectivity index (χ1n) is 7.11. The molecule has 1 aromatic rings. The first-order chi connectivity index (χ1) is 10.8. The summed E-state index contributed by atoms with van der Waals surface area (Å²) in [5.41, 5.74) is -0.905. The van der Waals surface area contributed by atoms with Crippen molar-refractivity contribution in [1.29, 1.82) is 0 Å². The van der Waals surface area contributed by atoms with Crippen molar-refractivity contribution >= 4 is 45.4 Å².